The van der Waals surface area contributed by atoms with E-state index in [1.54, 1.807) is 0 Å². The highest BCUT2D eigenvalue weighted by Crippen LogP contribution is 2.34. The maximum Gasteiger partial charge on any atom is 0.168 e. The Morgan fingerprint density at radius 2 is 1.67 bits per heavy atom. The topological polar surface area (TPSA) is 69.9 Å². The van der Waals surface area contributed by atoms with Crippen molar-refractivity contribution in [2.45, 2.75) is 25.2 Å². The van der Waals surface area contributed by atoms with E-state index in [0.717, 1.165) is 21.9 Å². The van der Waals surface area contributed by atoms with Crippen LogP contribution in [0.5, 0.6) is 0 Å². The van der Waals surface area contributed by atoms with Gasteiger partial charge in [-0.05, 0) is 34.2 Å². The second kappa shape index (κ2) is 9.06. The lowest BCUT2D eigenvalue weighted by Crippen LogP contribution is -2.27. The number of Topliss-reactive ketones (excluding diaryl/α,β-unsaturated/α-hetero) is 1. The number of carbonyl (C=O) groups excluding carboxylic acids is 1. The van der Waals surface area contributed by atoms with Gasteiger partial charge in [0.15, 0.2) is 5.78 Å². The first-order valence-electron chi connectivity index (χ1n) is 10.3. The van der Waals surface area contributed by atoms with Crippen LogP contribution in [-0.4, -0.2) is 34.9 Å². The quantitative estimate of drug-likeness (QED) is 0.479. The Kier molecular flexibility index (Phi) is 6.05. The maximum atomic E-state index is 13.1. The molecule has 0 amide bonds. The van der Waals surface area contributed by atoms with Crippen molar-refractivity contribution >= 4 is 22.3 Å². The van der Waals surface area contributed by atoms with Crippen molar-refractivity contribution in [3.63, 3.8) is 0 Å². The van der Waals surface area contributed by atoms with Crippen molar-refractivity contribution in [1.82, 2.24) is 0 Å². The maximum absolute atomic E-state index is 13.1. The predicted molar refractivity (Wildman–Crippen MR) is 120 cm³/mol. The Morgan fingerprint density at radius 1 is 0.933 bits per heavy atom. The van der Waals surface area contributed by atoms with Crippen LogP contribution in [0.2, 0.25) is 0 Å². The normalized spacial score (nSPS) is 20.0. The number of ketones is 1. The zero-order chi connectivity index (χ0) is 20.9. The average Bonchev–Trinajstić information content (AvgIpc) is 2.78. The Labute approximate surface area is 176 Å². The fraction of sp³-hybridized carbons (Fsp3) is 0.231. The molecule has 3 aromatic carbocycles. The lowest BCUT2D eigenvalue weighted by atomic mass is 9.78. The zero-order valence-corrected chi connectivity index (χ0v) is 16.8. The summed E-state index contributed by atoms with van der Waals surface area (Å²) in [7, 11) is 0. The summed E-state index contributed by atoms with van der Waals surface area (Å²) in [6.45, 7) is 0.125. The summed E-state index contributed by atoms with van der Waals surface area (Å²) in [6.07, 6.45) is 1.19. The molecule has 152 valence electrons. The van der Waals surface area contributed by atoms with E-state index in [-0.39, 0.29) is 37.0 Å². The van der Waals surface area contributed by atoms with E-state index in [0.29, 0.717) is 24.1 Å². The van der Waals surface area contributed by atoms with Gasteiger partial charge in [-0.1, -0.05) is 72.8 Å². The van der Waals surface area contributed by atoms with Gasteiger partial charge in [0.2, 0.25) is 0 Å². The van der Waals surface area contributed by atoms with E-state index >= 15 is 0 Å². The molecule has 0 aromatic heterocycles. The van der Waals surface area contributed by atoms with Crippen LogP contribution in [0, 0.1) is 0 Å². The number of aliphatic imine (C=N–C) groups is 1. The SMILES string of the molecule is O=C1CC(c2ccccc2)CC(=NCCO)/C1=C(/O)Cc1cccc2ccccc12. The zero-order valence-electron chi connectivity index (χ0n) is 16.8. The van der Waals surface area contributed by atoms with Gasteiger partial charge in [-0.15, -0.1) is 0 Å². The van der Waals surface area contributed by atoms with Crippen molar-refractivity contribution in [3.8, 4) is 0 Å². The summed E-state index contributed by atoms with van der Waals surface area (Å²) >= 11 is 0. The van der Waals surface area contributed by atoms with Crippen LogP contribution in [-0.2, 0) is 11.2 Å². The van der Waals surface area contributed by atoms with Gasteiger partial charge in [0.05, 0.1) is 18.7 Å². The second-order valence-corrected chi connectivity index (χ2v) is 7.63. The lowest BCUT2D eigenvalue weighted by molar-refractivity contribution is -0.115. The van der Waals surface area contributed by atoms with Crippen LogP contribution in [0.4, 0.5) is 0 Å². The smallest absolute Gasteiger partial charge is 0.168 e. The number of benzene rings is 3. The molecule has 4 rings (SSSR count). The standard InChI is InChI=1S/C26H25NO3/c28-14-13-27-23-15-21(18-7-2-1-3-8-18)17-25(30)26(23)24(29)16-20-11-6-10-19-9-4-5-12-22(19)20/h1-12,21,28-29H,13-17H2/b26-24-,27-23?. The van der Waals surface area contributed by atoms with Crippen molar-refractivity contribution in [2.24, 2.45) is 4.99 Å². The molecule has 0 spiro atoms. The Bertz CT molecular complexity index is 1110. The number of carbonyl (C=O) groups is 1. The first-order chi connectivity index (χ1) is 14.7. The monoisotopic (exact) mass is 399 g/mol. The van der Waals surface area contributed by atoms with Gasteiger partial charge in [-0.25, -0.2) is 0 Å². The molecule has 4 heteroatoms. The molecular formula is C26H25NO3. The highest BCUT2D eigenvalue weighted by atomic mass is 16.3. The Balaban J connectivity index is 1.69. The minimum absolute atomic E-state index is 0.0326. The highest BCUT2D eigenvalue weighted by molar-refractivity contribution is 6.24. The van der Waals surface area contributed by atoms with Crippen molar-refractivity contribution in [1.29, 1.82) is 0 Å². The van der Waals surface area contributed by atoms with E-state index in [2.05, 4.69) is 4.99 Å². The number of fused-ring (bicyclic) bond motifs is 1. The van der Waals surface area contributed by atoms with Crippen molar-refractivity contribution in [3.05, 3.63) is 95.3 Å². The van der Waals surface area contributed by atoms with Gasteiger partial charge in [-0.3, -0.25) is 9.79 Å². The number of rotatable bonds is 5. The molecule has 0 aliphatic heterocycles. The fourth-order valence-corrected chi connectivity index (χ4v) is 4.23. The third-order valence-corrected chi connectivity index (χ3v) is 5.64. The van der Waals surface area contributed by atoms with Gasteiger partial charge in [0.1, 0.15) is 5.76 Å². The molecule has 4 nitrogen and oxygen atoms in total. The molecule has 0 bridgehead atoms. The molecule has 1 saturated carbocycles. The van der Waals surface area contributed by atoms with Crippen LogP contribution in [0.15, 0.2) is 89.1 Å². The number of aliphatic hydroxyl groups is 2. The average molecular weight is 399 g/mol. The summed E-state index contributed by atoms with van der Waals surface area (Å²) in [5.74, 6) is -0.00525. The Morgan fingerprint density at radius 3 is 2.47 bits per heavy atom. The highest BCUT2D eigenvalue weighted by Gasteiger charge is 2.32. The molecule has 2 N–H and O–H groups in total. The molecule has 1 aliphatic carbocycles. The summed E-state index contributed by atoms with van der Waals surface area (Å²) in [6, 6.07) is 23.9. The minimum Gasteiger partial charge on any atom is -0.511 e. The van der Waals surface area contributed by atoms with E-state index in [1.165, 1.54) is 0 Å². The van der Waals surface area contributed by atoms with E-state index in [9.17, 15) is 15.0 Å². The van der Waals surface area contributed by atoms with Gasteiger partial charge in [0, 0.05) is 18.6 Å². The summed E-state index contributed by atoms with van der Waals surface area (Å²) < 4.78 is 0. The van der Waals surface area contributed by atoms with E-state index < -0.39 is 0 Å². The molecule has 1 fully saturated rings. The second-order valence-electron chi connectivity index (χ2n) is 7.63. The lowest BCUT2D eigenvalue weighted by Gasteiger charge is -2.26. The molecule has 0 heterocycles. The summed E-state index contributed by atoms with van der Waals surface area (Å²) in [5, 5.41) is 22.4. The number of hydrogen-bond acceptors (Lipinski definition) is 4. The van der Waals surface area contributed by atoms with Crippen LogP contribution in [0.1, 0.15) is 29.9 Å². The van der Waals surface area contributed by atoms with Gasteiger partial charge >= 0.3 is 0 Å². The molecule has 30 heavy (non-hydrogen) atoms. The van der Waals surface area contributed by atoms with Gasteiger partial charge in [-0.2, -0.15) is 0 Å². The van der Waals surface area contributed by atoms with Crippen LogP contribution in [0.25, 0.3) is 10.8 Å². The molecule has 1 atom stereocenters. The first-order valence-corrected chi connectivity index (χ1v) is 10.3. The third-order valence-electron chi connectivity index (χ3n) is 5.64. The number of allylic oxidation sites excluding steroid dienone is 2. The predicted octanol–water partition coefficient (Wildman–Crippen LogP) is 4.77. The molecular weight excluding hydrogens is 374 g/mol. The van der Waals surface area contributed by atoms with E-state index in [1.807, 2.05) is 72.8 Å². The van der Waals surface area contributed by atoms with Gasteiger partial charge in [0.25, 0.3) is 0 Å². The van der Waals surface area contributed by atoms with Gasteiger partial charge < -0.3 is 10.2 Å². The summed E-state index contributed by atoms with van der Waals surface area (Å²) in [5.41, 5.74) is 2.98. The number of aliphatic hydroxyl groups excluding tert-OH is 2. The number of hydrogen-bond donors (Lipinski definition) is 2. The molecule has 0 saturated heterocycles. The van der Waals surface area contributed by atoms with Crippen molar-refractivity contribution < 1.29 is 15.0 Å². The van der Waals surface area contributed by atoms with Crippen molar-refractivity contribution in [2.75, 3.05) is 13.2 Å². The van der Waals surface area contributed by atoms with E-state index in [4.69, 9.17) is 0 Å². The largest absolute Gasteiger partial charge is 0.511 e. The fourth-order valence-electron chi connectivity index (χ4n) is 4.23. The Hall–Kier alpha value is -3.24. The summed E-state index contributed by atoms with van der Waals surface area (Å²) in [4.78, 5) is 17.5. The van der Waals surface area contributed by atoms with Crippen LogP contribution >= 0.6 is 0 Å². The minimum atomic E-state index is -0.0930. The molecule has 0 radical (unpaired) electrons. The van der Waals surface area contributed by atoms with Crippen LogP contribution in [0.3, 0.4) is 0 Å². The first kappa shape index (κ1) is 20.0. The van der Waals surface area contributed by atoms with Crippen LogP contribution < -0.4 is 0 Å². The number of nitrogens with zero attached hydrogens (tertiary/aromatic N) is 1. The molecule has 1 aliphatic rings. The molecule has 1 unspecified atom stereocenters. The molecule has 3 aromatic rings. The third kappa shape index (κ3) is 4.19.